The zero-order chi connectivity index (χ0) is 24.1. The molecular weight excluding hydrogens is 430 g/mol. The molecule has 0 bridgehead atoms. The highest BCUT2D eigenvalue weighted by molar-refractivity contribution is 5.70. The number of carbonyl (C=O) groups is 2. The highest BCUT2D eigenvalue weighted by Gasteiger charge is 2.23. The van der Waals surface area contributed by atoms with E-state index in [0.717, 1.165) is 38.2 Å². The van der Waals surface area contributed by atoms with Crippen LogP contribution in [0.2, 0.25) is 0 Å². The van der Waals surface area contributed by atoms with Crippen LogP contribution in [-0.4, -0.2) is 63.0 Å². The number of amides is 1. The molecule has 7 heteroatoms. The number of nitrogens with zero attached hydrogens (tertiary/aromatic N) is 3. The van der Waals surface area contributed by atoms with Crippen molar-refractivity contribution in [2.45, 2.75) is 45.6 Å². The Bertz CT molecular complexity index is 1010. The van der Waals surface area contributed by atoms with Crippen LogP contribution in [0.5, 0.6) is 0 Å². The van der Waals surface area contributed by atoms with E-state index in [-0.39, 0.29) is 18.2 Å². The summed E-state index contributed by atoms with van der Waals surface area (Å²) in [5.41, 5.74) is 6.21. The summed E-state index contributed by atoms with van der Waals surface area (Å²) in [5.74, 6) is -0.145. The van der Waals surface area contributed by atoms with E-state index in [1.165, 1.54) is 29.6 Å². The minimum atomic E-state index is -0.246. The molecule has 2 aromatic rings. The zero-order valence-electron chi connectivity index (χ0n) is 20.5. The predicted octanol–water partition coefficient (Wildman–Crippen LogP) is 4.02. The lowest BCUT2D eigenvalue weighted by Crippen LogP contribution is -2.33. The first-order chi connectivity index (χ1) is 16.4. The molecule has 0 radical (unpaired) electrons. The summed E-state index contributed by atoms with van der Waals surface area (Å²) in [7, 11) is 1.44. The molecule has 7 nitrogen and oxygen atoms in total. The summed E-state index contributed by atoms with van der Waals surface area (Å²) in [4.78, 5) is 30.3. The predicted molar refractivity (Wildman–Crippen MR) is 133 cm³/mol. The summed E-state index contributed by atoms with van der Waals surface area (Å²) in [6.07, 6.45) is 2.50. The van der Waals surface area contributed by atoms with Gasteiger partial charge in [0.25, 0.3) is 0 Å². The molecule has 34 heavy (non-hydrogen) atoms. The van der Waals surface area contributed by atoms with Crippen LogP contribution in [-0.2, 0) is 33.5 Å². The Labute approximate surface area is 202 Å². The normalized spacial score (nSPS) is 15.8. The van der Waals surface area contributed by atoms with Crippen LogP contribution in [0.3, 0.4) is 0 Å². The molecule has 2 aliphatic heterocycles. The molecule has 2 aromatic carbocycles. The lowest BCUT2D eigenvalue weighted by Gasteiger charge is -2.22. The Morgan fingerprint density at radius 1 is 0.882 bits per heavy atom. The van der Waals surface area contributed by atoms with Crippen molar-refractivity contribution in [3.05, 3.63) is 59.2 Å². The number of benzene rings is 2. The minimum absolute atomic E-state index is 0.0675. The fourth-order valence-electron chi connectivity index (χ4n) is 4.67. The standard InChI is InChI=1S/C27H35N3O4/c1-20(2)34-26(31)11-6-21-4-8-24(9-5-21)29-16-17-30(19-29)25-10-7-22-12-14-28(27(32)33-3)15-13-23(22)18-25/h4-5,7-10,18,20H,6,11-17,19H2,1-3H3. The Balaban J connectivity index is 1.34. The van der Waals surface area contributed by atoms with Gasteiger partial charge in [0.1, 0.15) is 0 Å². The maximum absolute atomic E-state index is 11.9. The minimum Gasteiger partial charge on any atom is -0.463 e. The molecule has 0 aromatic heterocycles. The Kier molecular flexibility index (Phi) is 7.60. The summed E-state index contributed by atoms with van der Waals surface area (Å²) >= 11 is 0. The van der Waals surface area contributed by atoms with E-state index in [9.17, 15) is 9.59 Å². The van der Waals surface area contributed by atoms with Crippen molar-refractivity contribution in [3.63, 3.8) is 0 Å². The Hall–Kier alpha value is -3.22. The molecule has 0 N–H and O–H groups in total. The first-order valence-electron chi connectivity index (χ1n) is 12.2. The molecule has 4 rings (SSSR count). The summed E-state index contributed by atoms with van der Waals surface area (Å²) in [6, 6.07) is 15.2. The number of carbonyl (C=O) groups excluding carboxylic acids is 2. The number of esters is 1. The third kappa shape index (κ3) is 5.82. The van der Waals surface area contributed by atoms with Crippen LogP contribution in [0.4, 0.5) is 16.2 Å². The van der Waals surface area contributed by atoms with Gasteiger partial charge >= 0.3 is 12.1 Å². The quantitative estimate of drug-likeness (QED) is 0.601. The Morgan fingerprint density at radius 2 is 1.53 bits per heavy atom. The van der Waals surface area contributed by atoms with Crippen molar-refractivity contribution in [2.24, 2.45) is 0 Å². The molecule has 1 amide bonds. The molecule has 2 aliphatic rings. The van der Waals surface area contributed by atoms with Crippen LogP contribution in [0.15, 0.2) is 42.5 Å². The van der Waals surface area contributed by atoms with E-state index >= 15 is 0 Å². The molecule has 0 atom stereocenters. The monoisotopic (exact) mass is 465 g/mol. The number of anilines is 2. The van der Waals surface area contributed by atoms with Crippen molar-refractivity contribution in [2.75, 3.05) is 49.8 Å². The molecule has 0 aliphatic carbocycles. The van der Waals surface area contributed by atoms with Gasteiger partial charge in [-0.15, -0.1) is 0 Å². The maximum Gasteiger partial charge on any atom is 0.409 e. The largest absolute Gasteiger partial charge is 0.463 e. The molecule has 1 saturated heterocycles. The van der Waals surface area contributed by atoms with Gasteiger partial charge in [0.2, 0.25) is 0 Å². The lowest BCUT2D eigenvalue weighted by atomic mass is 10.0. The van der Waals surface area contributed by atoms with Crippen LogP contribution in [0.1, 0.15) is 37.0 Å². The van der Waals surface area contributed by atoms with Crippen LogP contribution < -0.4 is 9.80 Å². The molecule has 0 unspecified atom stereocenters. The van der Waals surface area contributed by atoms with Gasteiger partial charge in [0.05, 0.1) is 19.9 Å². The fraction of sp³-hybridized carbons (Fsp3) is 0.481. The van der Waals surface area contributed by atoms with E-state index in [0.29, 0.717) is 25.9 Å². The van der Waals surface area contributed by atoms with E-state index in [4.69, 9.17) is 9.47 Å². The van der Waals surface area contributed by atoms with Crippen molar-refractivity contribution >= 4 is 23.4 Å². The number of aryl methyl sites for hydroxylation is 1. The topological polar surface area (TPSA) is 62.3 Å². The third-order valence-corrected chi connectivity index (χ3v) is 6.56. The van der Waals surface area contributed by atoms with E-state index in [1.807, 2.05) is 13.8 Å². The second-order valence-corrected chi connectivity index (χ2v) is 9.28. The third-order valence-electron chi connectivity index (χ3n) is 6.56. The molecule has 1 fully saturated rings. The number of methoxy groups -OCH3 is 1. The van der Waals surface area contributed by atoms with E-state index in [1.54, 1.807) is 4.90 Å². The van der Waals surface area contributed by atoms with Crippen LogP contribution in [0, 0.1) is 0 Å². The average molecular weight is 466 g/mol. The molecule has 0 spiro atoms. The highest BCUT2D eigenvalue weighted by atomic mass is 16.5. The first-order valence-corrected chi connectivity index (χ1v) is 12.2. The molecular formula is C27H35N3O4. The van der Waals surface area contributed by atoms with Gasteiger partial charge in [-0.2, -0.15) is 0 Å². The number of fused-ring (bicyclic) bond motifs is 1. The fourth-order valence-corrected chi connectivity index (χ4v) is 4.67. The number of hydrogen-bond donors (Lipinski definition) is 0. The second kappa shape index (κ2) is 10.8. The van der Waals surface area contributed by atoms with Crippen LogP contribution in [0.25, 0.3) is 0 Å². The van der Waals surface area contributed by atoms with Gasteiger partial charge < -0.3 is 24.2 Å². The van der Waals surface area contributed by atoms with Crippen molar-refractivity contribution in [1.82, 2.24) is 4.90 Å². The van der Waals surface area contributed by atoms with Crippen molar-refractivity contribution in [3.8, 4) is 0 Å². The van der Waals surface area contributed by atoms with Crippen molar-refractivity contribution in [1.29, 1.82) is 0 Å². The maximum atomic E-state index is 11.9. The average Bonchev–Trinajstić information content (AvgIpc) is 3.23. The highest BCUT2D eigenvalue weighted by Crippen LogP contribution is 2.27. The van der Waals surface area contributed by atoms with Crippen molar-refractivity contribution < 1.29 is 19.1 Å². The van der Waals surface area contributed by atoms with Gasteiger partial charge in [0.15, 0.2) is 0 Å². The second-order valence-electron chi connectivity index (χ2n) is 9.28. The summed E-state index contributed by atoms with van der Waals surface area (Å²) in [5, 5.41) is 0. The number of hydrogen-bond acceptors (Lipinski definition) is 6. The summed E-state index contributed by atoms with van der Waals surface area (Å²) in [6.45, 7) is 7.91. The summed E-state index contributed by atoms with van der Waals surface area (Å²) < 4.78 is 10.1. The van der Waals surface area contributed by atoms with Crippen LogP contribution >= 0.6 is 0 Å². The number of rotatable bonds is 6. The Morgan fingerprint density at radius 3 is 2.21 bits per heavy atom. The van der Waals surface area contributed by atoms with Gasteiger partial charge in [-0.1, -0.05) is 18.2 Å². The van der Waals surface area contributed by atoms with E-state index < -0.39 is 0 Å². The first kappa shape index (κ1) is 23.9. The van der Waals surface area contributed by atoms with Gasteiger partial charge in [0, 0.05) is 44.0 Å². The van der Waals surface area contributed by atoms with Gasteiger partial charge in [-0.05, 0) is 74.1 Å². The SMILES string of the molecule is COC(=O)N1CCc2ccc(N3CCN(c4ccc(CCC(=O)OC(C)C)cc4)C3)cc2CC1. The zero-order valence-corrected chi connectivity index (χ0v) is 20.5. The number of ether oxygens (including phenoxy) is 2. The lowest BCUT2D eigenvalue weighted by molar-refractivity contribution is -0.147. The van der Waals surface area contributed by atoms with E-state index in [2.05, 4.69) is 52.3 Å². The molecule has 2 heterocycles. The molecule has 0 saturated carbocycles. The smallest absolute Gasteiger partial charge is 0.409 e. The molecule has 182 valence electrons. The van der Waals surface area contributed by atoms with Gasteiger partial charge in [-0.3, -0.25) is 4.79 Å². The van der Waals surface area contributed by atoms with Gasteiger partial charge in [-0.25, -0.2) is 4.79 Å².